The first-order valence-corrected chi connectivity index (χ1v) is 6.25. The lowest BCUT2D eigenvalue weighted by molar-refractivity contribution is 0.0124. The number of hydrogen-bond acceptors (Lipinski definition) is 4. The molecule has 0 aromatic carbocycles. The van der Waals surface area contributed by atoms with Crippen molar-refractivity contribution in [2.45, 2.75) is 31.9 Å². The van der Waals surface area contributed by atoms with E-state index in [4.69, 9.17) is 14.9 Å². The summed E-state index contributed by atoms with van der Waals surface area (Å²) < 4.78 is 10.6. The molecule has 1 aliphatic rings. The average Bonchev–Trinajstić information content (AvgIpc) is 2.83. The van der Waals surface area contributed by atoms with Crippen LogP contribution in [0.2, 0.25) is 0 Å². The molecule has 1 fully saturated rings. The van der Waals surface area contributed by atoms with Gasteiger partial charge in [-0.1, -0.05) is 0 Å². The lowest BCUT2D eigenvalue weighted by atomic mass is 9.98. The fourth-order valence-corrected chi connectivity index (χ4v) is 2.44. The third-order valence-corrected chi connectivity index (χ3v) is 3.59. The summed E-state index contributed by atoms with van der Waals surface area (Å²) >= 11 is 0. The van der Waals surface area contributed by atoms with Gasteiger partial charge in [0.2, 0.25) is 0 Å². The second-order valence-electron chi connectivity index (χ2n) is 4.70. The van der Waals surface area contributed by atoms with Crippen LogP contribution in [0.4, 0.5) is 0 Å². The molecule has 2 N–H and O–H groups in total. The summed E-state index contributed by atoms with van der Waals surface area (Å²) in [6.07, 6.45) is 3.37. The van der Waals surface area contributed by atoms with Crippen molar-refractivity contribution in [3.8, 4) is 0 Å². The molecule has 0 radical (unpaired) electrons. The Morgan fingerprint density at radius 1 is 1.67 bits per heavy atom. The molecule has 0 bridgehead atoms. The highest BCUT2D eigenvalue weighted by molar-refractivity contribution is 5.93. The number of furan rings is 1. The van der Waals surface area contributed by atoms with E-state index in [9.17, 15) is 4.79 Å². The monoisotopic (exact) mass is 252 g/mol. The van der Waals surface area contributed by atoms with E-state index >= 15 is 0 Å². The summed E-state index contributed by atoms with van der Waals surface area (Å²) in [5.41, 5.74) is 6.63. The third-order valence-electron chi connectivity index (χ3n) is 3.59. The maximum atomic E-state index is 12.4. The van der Waals surface area contributed by atoms with Gasteiger partial charge in [0.05, 0.1) is 12.4 Å². The molecule has 0 spiro atoms. The van der Waals surface area contributed by atoms with Crippen LogP contribution in [0, 0.1) is 6.92 Å². The Bertz CT molecular complexity index is 416. The molecule has 18 heavy (non-hydrogen) atoms. The van der Waals surface area contributed by atoms with Crippen LogP contribution >= 0.6 is 0 Å². The normalized spacial score (nSPS) is 24.3. The number of likely N-dealkylation sites (tertiary alicyclic amines) is 1. The van der Waals surface area contributed by atoms with Crippen LogP contribution in [0.5, 0.6) is 0 Å². The zero-order valence-electron chi connectivity index (χ0n) is 10.9. The molecular formula is C13H20N2O3. The zero-order valence-corrected chi connectivity index (χ0v) is 10.9. The molecule has 2 atom stereocenters. The van der Waals surface area contributed by atoms with E-state index in [0.29, 0.717) is 18.8 Å². The summed E-state index contributed by atoms with van der Waals surface area (Å²) in [6, 6.07) is 1.83. The molecule has 5 nitrogen and oxygen atoms in total. The molecule has 5 heteroatoms. The highest BCUT2D eigenvalue weighted by atomic mass is 16.5. The molecule has 1 aliphatic heterocycles. The van der Waals surface area contributed by atoms with Gasteiger partial charge in [-0.2, -0.15) is 0 Å². The van der Waals surface area contributed by atoms with Gasteiger partial charge in [0.1, 0.15) is 0 Å². The number of ether oxygens (including phenoxy) is 1. The summed E-state index contributed by atoms with van der Waals surface area (Å²) in [5, 5.41) is 0. The van der Waals surface area contributed by atoms with Gasteiger partial charge in [-0.3, -0.25) is 4.79 Å². The molecule has 1 aromatic heterocycles. The van der Waals surface area contributed by atoms with Gasteiger partial charge >= 0.3 is 0 Å². The maximum absolute atomic E-state index is 12.4. The van der Waals surface area contributed by atoms with Crippen LogP contribution in [0.3, 0.4) is 0 Å². The van der Waals surface area contributed by atoms with Crippen molar-refractivity contribution in [1.82, 2.24) is 4.90 Å². The number of nitrogens with two attached hydrogens (primary N) is 1. The van der Waals surface area contributed by atoms with Gasteiger partial charge in [-0.05, 0) is 25.8 Å². The lowest BCUT2D eigenvalue weighted by Gasteiger charge is -2.38. The highest BCUT2D eigenvalue weighted by Gasteiger charge is 2.32. The smallest absolute Gasteiger partial charge is 0.290 e. The fourth-order valence-electron chi connectivity index (χ4n) is 2.44. The van der Waals surface area contributed by atoms with Crippen molar-refractivity contribution < 1.29 is 13.9 Å². The number of nitrogens with zero attached hydrogens (tertiary/aromatic N) is 1. The predicted octanol–water partition coefficient (Wildman–Crippen LogP) is 1.17. The Morgan fingerprint density at radius 3 is 3.00 bits per heavy atom. The number of carbonyl (C=O) groups is 1. The van der Waals surface area contributed by atoms with Gasteiger partial charge in [0.15, 0.2) is 5.76 Å². The second-order valence-corrected chi connectivity index (χ2v) is 4.70. The quantitative estimate of drug-likeness (QED) is 0.876. The first-order valence-electron chi connectivity index (χ1n) is 6.25. The second kappa shape index (κ2) is 5.54. The Hall–Kier alpha value is -1.33. The Kier molecular flexibility index (Phi) is 4.04. The lowest BCUT2D eigenvalue weighted by Crippen LogP contribution is -2.51. The summed E-state index contributed by atoms with van der Waals surface area (Å²) in [5.74, 6) is 0.354. The topological polar surface area (TPSA) is 68.7 Å². The molecule has 1 aromatic rings. The van der Waals surface area contributed by atoms with Crippen molar-refractivity contribution in [3.63, 3.8) is 0 Å². The Morgan fingerprint density at radius 2 is 2.44 bits per heavy atom. The van der Waals surface area contributed by atoms with Gasteiger partial charge < -0.3 is 19.8 Å². The molecule has 100 valence electrons. The van der Waals surface area contributed by atoms with Crippen LogP contribution < -0.4 is 5.73 Å². The van der Waals surface area contributed by atoms with E-state index in [2.05, 4.69) is 0 Å². The minimum atomic E-state index is -0.0671. The summed E-state index contributed by atoms with van der Waals surface area (Å²) in [6.45, 7) is 2.99. The van der Waals surface area contributed by atoms with Crippen LogP contribution in [0.1, 0.15) is 29.0 Å². The number of carbonyl (C=O) groups excluding carboxylic acids is 1. The number of rotatable bonds is 3. The first kappa shape index (κ1) is 13.1. The van der Waals surface area contributed by atoms with Crippen molar-refractivity contribution in [1.29, 1.82) is 0 Å². The molecule has 2 rings (SSSR count). The van der Waals surface area contributed by atoms with E-state index in [1.807, 2.05) is 6.92 Å². The Labute approximate surface area is 107 Å². The van der Waals surface area contributed by atoms with E-state index in [1.54, 1.807) is 24.3 Å². The molecule has 1 saturated heterocycles. The van der Waals surface area contributed by atoms with Gasteiger partial charge in [0.25, 0.3) is 5.91 Å². The summed E-state index contributed by atoms with van der Waals surface area (Å²) in [7, 11) is 1.70. The van der Waals surface area contributed by atoms with E-state index in [0.717, 1.165) is 18.4 Å². The van der Waals surface area contributed by atoms with E-state index in [1.165, 1.54) is 0 Å². The largest absolute Gasteiger partial charge is 0.459 e. The van der Waals surface area contributed by atoms with Gasteiger partial charge in [-0.15, -0.1) is 0 Å². The third kappa shape index (κ3) is 2.42. The SMILES string of the molecule is CO[C@H]1CCN(C(=O)c2occc2C)[C@@H](CN)C1. The number of hydrogen-bond donors (Lipinski definition) is 1. The van der Waals surface area contributed by atoms with Crippen molar-refractivity contribution in [2.75, 3.05) is 20.2 Å². The highest BCUT2D eigenvalue weighted by Crippen LogP contribution is 2.22. The molecule has 0 aliphatic carbocycles. The number of piperidine rings is 1. The van der Waals surface area contributed by atoms with Crippen LogP contribution in [-0.2, 0) is 4.74 Å². The average molecular weight is 252 g/mol. The van der Waals surface area contributed by atoms with Crippen LogP contribution in [0.25, 0.3) is 0 Å². The minimum Gasteiger partial charge on any atom is -0.459 e. The Balaban J connectivity index is 2.13. The van der Waals surface area contributed by atoms with Crippen LogP contribution in [0.15, 0.2) is 16.7 Å². The number of amides is 1. The van der Waals surface area contributed by atoms with Crippen molar-refractivity contribution >= 4 is 5.91 Å². The maximum Gasteiger partial charge on any atom is 0.290 e. The molecule has 2 heterocycles. The van der Waals surface area contributed by atoms with Crippen molar-refractivity contribution in [3.05, 3.63) is 23.7 Å². The standard InChI is InChI=1S/C13H20N2O3/c1-9-4-6-18-12(9)13(16)15-5-3-11(17-2)7-10(15)8-14/h4,6,10-11H,3,5,7-8,14H2,1-2H3/t10-,11+/m1/s1. The van der Waals surface area contributed by atoms with Gasteiger partial charge in [-0.25, -0.2) is 0 Å². The van der Waals surface area contributed by atoms with Crippen LogP contribution in [-0.4, -0.2) is 43.2 Å². The fraction of sp³-hybridized carbons (Fsp3) is 0.615. The van der Waals surface area contributed by atoms with E-state index < -0.39 is 0 Å². The number of aryl methyl sites for hydroxylation is 1. The molecular weight excluding hydrogens is 232 g/mol. The van der Waals surface area contributed by atoms with Gasteiger partial charge in [0, 0.05) is 31.8 Å². The van der Waals surface area contributed by atoms with Crippen molar-refractivity contribution in [2.24, 2.45) is 5.73 Å². The summed E-state index contributed by atoms with van der Waals surface area (Å²) in [4.78, 5) is 14.2. The predicted molar refractivity (Wildman–Crippen MR) is 67.4 cm³/mol. The molecule has 0 unspecified atom stereocenters. The zero-order chi connectivity index (χ0) is 13.1. The van der Waals surface area contributed by atoms with E-state index in [-0.39, 0.29) is 18.1 Å². The minimum absolute atomic E-state index is 0.0284. The molecule has 0 saturated carbocycles. The number of methoxy groups -OCH3 is 1. The molecule has 1 amide bonds. The first-order chi connectivity index (χ1) is 8.67.